The molecule has 2 aromatic carbocycles. The molecule has 3 rings (SSSR count). The van der Waals surface area contributed by atoms with Crippen molar-refractivity contribution in [3.8, 4) is 5.75 Å². The maximum Gasteiger partial charge on any atom is 0.268 e. The number of para-hydroxylation sites is 1. The van der Waals surface area contributed by atoms with E-state index in [4.69, 9.17) is 4.74 Å². The van der Waals surface area contributed by atoms with Gasteiger partial charge in [-0.25, -0.2) is 4.39 Å². The number of fused-ring (bicyclic) bond motifs is 1. The first-order valence-electron chi connectivity index (χ1n) is 8.00. The monoisotopic (exact) mass is 313 g/mol. The van der Waals surface area contributed by atoms with Gasteiger partial charge >= 0.3 is 0 Å². The Morgan fingerprint density at radius 3 is 2.70 bits per heavy atom. The Morgan fingerprint density at radius 1 is 1.22 bits per heavy atom. The van der Waals surface area contributed by atoms with Crippen molar-refractivity contribution in [2.24, 2.45) is 0 Å². The minimum atomic E-state index is -0.563. The number of ether oxygens (including phenoxy) is 1. The molecule has 1 aliphatic heterocycles. The van der Waals surface area contributed by atoms with Gasteiger partial charge in [0.05, 0.1) is 0 Å². The van der Waals surface area contributed by atoms with Gasteiger partial charge in [-0.1, -0.05) is 25.1 Å². The number of halogens is 1. The lowest BCUT2D eigenvalue weighted by Crippen LogP contribution is -2.44. The molecule has 0 radical (unpaired) electrons. The zero-order valence-electron chi connectivity index (χ0n) is 13.2. The second-order valence-corrected chi connectivity index (χ2v) is 5.69. The predicted octanol–water partition coefficient (Wildman–Crippen LogP) is 3.96. The van der Waals surface area contributed by atoms with Gasteiger partial charge in [-0.3, -0.25) is 4.79 Å². The van der Waals surface area contributed by atoms with Crippen molar-refractivity contribution in [1.29, 1.82) is 0 Å². The van der Waals surface area contributed by atoms with Gasteiger partial charge in [0.1, 0.15) is 11.6 Å². The lowest BCUT2D eigenvalue weighted by molar-refractivity contribution is -0.125. The van der Waals surface area contributed by atoms with E-state index in [0.29, 0.717) is 18.7 Å². The molecule has 0 saturated heterocycles. The summed E-state index contributed by atoms with van der Waals surface area (Å²) in [6.07, 6.45) is 1.95. The number of hydrogen-bond donors (Lipinski definition) is 0. The highest BCUT2D eigenvalue weighted by Gasteiger charge is 2.28. The van der Waals surface area contributed by atoms with E-state index in [1.807, 2.05) is 30.0 Å². The van der Waals surface area contributed by atoms with E-state index in [9.17, 15) is 9.18 Å². The molecule has 1 aliphatic rings. The van der Waals surface area contributed by atoms with Gasteiger partial charge in [0.15, 0.2) is 6.10 Å². The molecule has 23 heavy (non-hydrogen) atoms. The summed E-state index contributed by atoms with van der Waals surface area (Å²) in [5, 5.41) is 0. The summed E-state index contributed by atoms with van der Waals surface area (Å²) in [6, 6.07) is 13.8. The highest BCUT2D eigenvalue weighted by atomic mass is 19.1. The third-order valence-electron chi connectivity index (χ3n) is 4.11. The van der Waals surface area contributed by atoms with Crippen molar-refractivity contribution in [2.45, 2.75) is 32.3 Å². The summed E-state index contributed by atoms with van der Waals surface area (Å²) in [4.78, 5) is 14.7. The van der Waals surface area contributed by atoms with Crippen LogP contribution in [0.1, 0.15) is 25.3 Å². The van der Waals surface area contributed by atoms with Gasteiger partial charge in [-0.15, -0.1) is 0 Å². The second-order valence-electron chi connectivity index (χ2n) is 5.69. The molecule has 0 saturated carbocycles. The molecule has 0 unspecified atom stereocenters. The molecule has 4 heteroatoms. The summed E-state index contributed by atoms with van der Waals surface area (Å²) in [5.74, 6) is 0.155. The molecule has 1 atom stereocenters. The first-order chi connectivity index (χ1) is 11.2. The normalized spacial score (nSPS) is 15.0. The molecule has 0 aliphatic carbocycles. The summed E-state index contributed by atoms with van der Waals surface area (Å²) >= 11 is 0. The van der Waals surface area contributed by atoms with Crippen LogP contribution in [0, 0.1) is 5.82 Å². The quantitative estimate of drug-likeness (QED) is 0.855. The number of hydrogen-bond acceptors (Lipinski definition) is 2. The van der Waals surface area contributed by atoms with Crippen molar-refractivity contribution in [2.75, 3.05) is 11.4 Å². The fourth-order valence-corrected chi connectivity index (χ4v) is 2.92. The van der Waals surface area contributed by atoms with E-state index in [2.05, 4.69) is 6.07 Å². The van der Waals surface area contributed by atoms with Crippen LogP contribution >= 0.6 is 0 Å². The molecule has 2 aromatic rings. The Hall–Kier alpha value is -2.36. The number of amides is 1. The summed E-state index contributed by atoms with van der Waals surface area (Å²) < 4.78 is 18.8. The fourth-order valence-electron chi connectivity index (χ4n) is 2.92. The smallest absolute Gasteiger partial charge is 0.268 e. The van der Waals surface area contributed by atoms with Crippen molar-refractivity contribution >= 4 is 11.6 Å². The number of benzene rings is 2. The van der Waals surface area contributed by atoms with E-state index in [0.717, 1.165) is 18.5 Å². The van der Waals surface area contributed by atoms with Crippen molar-refractivity contribution < 1.29 is 13.9 Å². The van der Waals surface area contributed by atoms with E-state index < -0.39 is 6.10 Å². The SMILES string of the molecule is CC[C@@H](Oc1ccc(F)cc1)C(=O)N1CCCc2ccccc21. The van der Waals surface area contributed by atoms with E-state index >= 15 is 0 Å². The van der Waals surface area contributed by atoms with Crippen LogP contribution in [0.5, 0.6) is 5.75 Å². The van der Waals surface area contributed by atoms with E-state index in [1.165, 1.54) is 17.7 Å². The van der Waals surface area contributed by atoms with Crippen molar-refractivity contribution in [3.05, 3.63) is 59.9 Å². The van der Waals surface area contributed by atoms with Crippen LogP contribution in [0.15, 0.2) is 48.5 Å². The minimum absolute atomic E-state index is 0.0380. The molecule has 120 valence electrons. The van der Waals surface area contributed by atoms with Crippen molar-refractivity contribution in [1.82, 2.24) is 0 Å². The van der Waals surface area contributed by atoms with Crippen LogP contribution in [0.4, 0.5) is 10.1 Å². The Bertz CT molecular complexity index is 684. The highest BCUT2D eigenvalue weighted by Crippen LogP contribution is 2.28. The van der Waals surface area contributed by atoms with Crippen LogP contribution in [0.3, 0.4) is 0 Å². The number of aryl methyl sites for hydroxylation is 1. The number of anilines is 1. The number of carbonyl (C=O) groups excluding carboxylic acids is 1. The molecule has 3 nitrogen and oxygen atoms in total. The first-order valence-corrected chi connectivity index (χ1v) is 8.00. The zero-order chi connectivity index (χ0) is 16.2. The summed E-state index contributed by atoms with van der Waals surface area (Å²) in [5.41, 5.74) is 2.17. The van der Waals surface area contributed by atoms with Gasteiger partial charge in [-0.05, 0) is 55.2 Å². The maximum atomic E-state index is 13.0. The number of nitrogens with zero attached hydrogens (tertiary/aromatic N) is 1. The topological polar surface area (TPSA) is 29.5 Å². The highest BCUT2D eigenvalue weighted by molar-refractivity contribution is 5.97. The van der Waals surface area contributed by atoms with E-state index in [-0.39, 0.29) is 11.7 Å². The van der Waals surface area contributed by atoms with Gasteiger partial charge in [-0.2, -0.15) is 0 Å². The fraction of sp³-hybridized carbons (Fsp3) is 0.316. The second kappa shape index (κ2) is 6.82. The molecule has 0 fully saturated rings. The van der Waals surface area contributed by atoms with Gasteiger partial charge in [0, 0.05) is 12.2 Å². The minimum Gasteiger partial charge on any atom is -0.481 e. The van der Waals surface area contributed by atoms with Crippen LogP contribution in [0.25, 0.3) is 0 Å². The Kier molecular flexibility index (Phi) is 4.60. The molecular weight excluding hydrogens is 293 g/mol. The zero-order valence-corrected chi connectivity index (χ0v) is 13.2. The van der Waals surface area contributed by atoms with Crippen LogP contribution in [-0.4, -0.2) is 18.6 Å². The van der Waals surface area contributed by atoms with Crippen LogP contribution in [0.2, 0.25) is 0 Å². The van der Waals surface area contributed by atoms with Crippen LogP contribution < -0.4 is 9.64 Å². The average molecular weight is 313 g/mol. The largest absolute Gasteiger partial charge is 0.481 e. The third-order valence-corrected chi connectivity index (χ3v) is 4.11. The Balaban J connectivity index is 1.79. The molecule has 0 bridgehead atoms. The van der Waals surface area contributed by atoms with Gasteiger partial charge in [0.2, 0.25) is 0 Å². The average Bonchev–Trinajstić information content (AvgIpc) is 2.60. The maximum absolute atomic E-state index is 13.0. The number of rotatable bonds is 4. The third kappa shape index (κ3) is 3.36. The standard InChI is InChI=1S/C19H20FNO2/c1-2-18(23-16-11-9-15(20)10-12-16)19(22)21-13-5-7-14-6-3-4-8-17(14)21/h3-4,6,8-12,18H,2,5,7,13H2,1H3/t18-/m1/s1. The first kappa shape index (κ1) is 15.5. The molecule has 0 aromatic heterocycles. The molecule has 1 amide bonds. The molecule has 0 spiro atoms. The van der Waals surface area contributed by atoms with E-state index in [1.54, 1.807) is 12.1 Å². The van der Waals surface area contributed by atoms with Gasteiger partial charge < -0.3 is 9.64 Å². The summed E-state index contributed by atoms with van der Waals surface area (Å²) in [7, 11) is 0. The molecular formula is C19H20FNO2. The lowest BCUT2D eigenvalue weighted by atomic mass is 10.0. The van der Waals surface area contributed by atoms with Crippen molar-refractivity contribution in [3.63, 3.8) is 0 Å². The molecule has 0 N–H and O–H groups in total. The predicted molar refractivity (Wildman–Crippen MR) is 88.2 cm³/mol. The lowest BCUT2D eigenvalue weighted by Gasteiger charge is -2.32. The van der Waals surface area contributed by atoms with Gasteiger partial charge in [0.25, 0.3) is 5.91 Å². The molecule has 1 heterocycles. The Morgan fingerprint density at radius 2 is 1.96 bits per heavy atom. The van der Waals surface area contributed by atoms with Crippen LogP contribution in [-0.2, 0) is 11.2 Å². The summed E-state index contributed by atoms with van der Waals surface area (Å²) in [6.45, 7) is 2.63. The Labute approximate surface area is 135 Å². The number of carbonyl (C=O) groups is 1.